The van der Waals surface area contributed by atoms with Crippen LogP contribution in [-0.2, 0) is 9.53 Å². The monoisotopic (exact) mass is 367 g/mol. The van der Waals surface area contributed by atoms with Gasteiger partial charge in [0.25, 0.3) is 0 Å². The Hall–Kier alpha value is -1.14. The smallest absolute Gasteiger partial charge is 0.223 e. The molecule has 1 aromatic carbocycles. The Bertz CT molecular complexity index is 523. The van der Waals surface area contributed by atoms with Gasteiger partial charge in [0.05, 0.1) is 19.3 Å². The van der Waals surface area contributed by atoms with Crippen molar-refractivity contribution in [3.05, 3.63) is 35.9 Å². The Labute approximate surface area is 156 Å². The molecule has 3 rings (SSSR count). The number of amides is 1. The molecule has 3 atom stereocenters. The van der Waals surface area contributed by atoms with E-state index in [4.69, 9.17) is 4.74 Å². The second kappa shape index (κ2) is 10.1. The molecule has 0 radical (unpaired) electrons. The Kier molecular flexibility index (Phi) is 8.16. The second-order valence-corrected chi connectivity index (χ2v) is 6.96. The molecule has 6 heteroatoms. The first-order valence-corrected chi connectivity index (χ1v) is 9.11. The molecule has 2 N–H and O–H groups in total. The summed E-state index contributed by atoms with van der Waals surface area (Å²) in [6.45, 7) is 7.36. The normalized spacial score (nSPS) is 25.6. The molecular weight excluding hydrogens is 338 g/mol. The fourth-order valence-corrected chi connectivity index (χ4v) is 3.62. The fraction of sp³-hybridized carbons (Fsp3) is 0.632. The van der Waals surface area contributed by atoms with Crippen LogP contribution >= 0.6 is 12.4 Å². The average molecular weight is 368 g/mol. The van der Waals surface area contributed by atoms with Crippen LogP contribution < -0.4 is 10.6 Å². The molecule has 140 valence electrons. The summed E-state index contributed by atoms with van der Waals surface area (Å²) in [7, 11) is 0. The van der Waals surface area contributed by atoms with Gasteiger partial charge in [0.2, 0.25) is 5.91 Å². The van der Waals surface area contributed by atoms with Crippen LogP contribution in [0.2, 0.25) is 0 Å². The van der Waals surface area contributed by atoms with Gasteiger partial charge in [0.15, 0.2) is 0 Å². The highest BCUT2D eigenvalue weighted by atomic mass is 35.5. The van der Waals surface area contributed by atoms with E-state index in [0.717, 1.165) is 52.2 Å². The number of hydrogen-bond donors (Lipinski definition) is 2. The zero-order valence-electron chi connectivity index (χ0n) is 14.9. The minimum atomic E-state index is 0. The summed E-state index contributed by atoms with van der Waals surface area (Å²) in [6, 6.07) is 10.8. The Balaban J connectivity index is 0.00000225. The third-order valence-electron chi connectivity index (χ3n) is 5.06. The molecule has 0 aliphatic carbocycles. The number of carbonyl (C=O) groups excluding carboxylic acids is 1. The Morgan fingerprint density at radius 2 is 2.04 bits per heavy atom. The van der Waals surface area contributed by atoms with Gasteiger partial charge in [-0.05, 0) is 31.9 Å². The highest BCUT2D eigenvalue weighted by Crippen LogP contribution is 2.20. The number of hydrogen-bond acceptors (Lipinski definition) is 4. The first kappa shape index (κ1) is 20.2. The zero-order chi connectivity index (χ0) is 16.8. The SMILES string of the molecule is C[C@H]1C[C@@H](C(=O)NC(CN2CCOCC2)c2ccccc2)CCN1.Cl. The van der Waals surface area contributed by atoms with Gasteiger partial charge >= 0.3 is 0 Å². The van der Waals surface area contributed by atoms with Crippen molar-refractivity contribution in [2.45, 2.75) is 31.8 Å². The molecule has 2 aliphatic rings. The van der Waals surface area contributed by atoms with Gasteiger partial charge in [-0.2, -0.15) is 0 Å². The largest absolute Gasteiger partial charge is 0.379 e. The van der Waals surface area contributed by atoms with Crippen LogP contribution in [-0.4, -0.2) is 56.2 Å². The van der Waals surface area contributed by atoms with E-state index in [-0.39, 0.29) is 30.3 Å². The van der Waals surface area contributed by atoms with E-state index in [0.29, 0.717) is 6.04 Å². The van der Waals surface area contributed by atoms with Crippen LogP contribution in [0, 0.1) is 5.92 Å². The van der Waals surface area contributed by atoms with Crippen LogP contribution in [0.3, 0.4) is 0 Å². The lowest BCUT2D eigenvalue weighted by molar-refractivity contribution is -0.127. The van der Waals surface area contributed by atoms with Crippen LogP contribution in [0.1, 0.15) is 31.4 Å². The number of benzene rings is 1. The zero-order valence-corrected chi connectivity index (χ0v) is 15.8. The number of piperidine rings is 1. The third kappa shape index (κ3) is 5.96. The molecule has 2 aliphatic heterocycles. The highest BCUT2D eigenvalue weighted by molar-refractivity contribution is 5.85. The molecule has 1 amide bonds. The summed E-state index contributed by atoms with van der Waals surface area (Å²) in [6.07, 6.45) is 1.85. The van der Waals surface area contributed by atoms with Gasteiger partial charge in [-0.15, -0.1) is 12.4 Å². The lowest BCUT2D eigenvalue weighted by Gasteiger charge is -2.33. The maximum Gasteiger partial charge on any atom is 0.223 e. The Morgan fingerprint density at radius 1 is 1.32 bits per heavy atom. The maximum absolute atomic E-state index is 12.8. The summed E-state index contributed by atoms with van der Waals surface area (Å²) < 4.78 is 5.44. The molecule has 5 nitrogen and oxygen atoms in total. The van der Waals surface area contributed by atoms with E-state index in [1.165, 1.54) is 5.56 Å². The summed E-state index contributed by atoms with van der Waals surface area (Å²) in [5.74, 6) is 0.322. The van der Waals surface area contributed by atoms with E-state index in [2.05, 4.69) is 34.6 Å². The van der Waals surface area contributed by atoms with Crippen LogP contribution in [0.15, 0.2) is 30.3 Å². The fourth-order valence-electron chi connectivity index (χ4n) is 3.62. The molecule has 2 heterocycles. The number of morpholine rings is 1. The molecule has 0 saturated carbocycles. The number of rotatable bonds is 5. The predicted octanol–water partition coefficient (Wildman–Crippen LogP) is 1.99. The number of nitrogens with zero attached hydrogens (tertiary/aromatic N) is 1. The molecule has 1 unspecified atom stereocenters. The van der Waals surface area contributed by atoms with Crippen molar-refractivity contribution in [2.24, 2.45) is 5.92 Å². The van der Waals surface area contributed by atoms with Crippen molar-refractivity contribution in [3.63, 3.8) is 0 Å². The predicted molar refractivity (Wildman–Crippen MR) is 102 cm³/mol. The van der Waals surface area contributed by atoms with Gasteiger partial charge in [0, 0.05) is 31.6 Å². The van der Waals surface area contributed by atoms with Crippen molar-refractivity contribution >= 4 is 18.3 Å². The minimum Gasteiger partial charge on any atom is -0.379 e. The van der Waals surface area contributed by atoms with E-state index in [1.54, 1.807) is 0 Å². The summed E-state index contributed by atoms with van der Waals surface area (Å²) in [5.41, 5.74) is 1.18. The van der Waals surface area contributed by atoms with E-state index >= 15 is 0 Å². The van der Waals surface area contributed by atoms with Gasteiger partial charge in [-0.25, -0.2) is 0 Å². The van der Waals surface area contributed by atoms with Crippen molar-refractivity contribution < 1.29 is 9.53 Å². The van der Waals surface area contributed by atoms with Crippen molar-refractivity contribution in [1.29, 1.82) is 0 Å². The van der Waals surface area contributed by atoms with Gasteiger partial charge in [-0.1, -0.05) is 30.3 Å². The third-order valence-corrected chi connectivity index (χ3v) is 5.06. The van der Waals surface area contributed by atoms with E-state index in [9.17, 15) is 4.79 Å². The average Bonchev–Trinajstić information content (AvgIpc) is 2.63. The lowest BCUT2D eigenvalue weighted by atomic mass is 9.92. The first-order chi connectivity index (χ1) is 11.7. The molecular formula is C19H30ClN3O2. The second-order valence-electron chi connectivity index (χ2n) is 6.96. The standard InChI is InChI=1S/C19H29N3O2.ClH/c1-15-13-17(7-8-20-15)19(23)21-18(16-5-3-2-4-6-16)14-22-9-11-24-12-10-22;/h2-6,15,17-18,20H,7-14H2,1H3,(H,21,23);1H/t15-,17-,18?;/m0./s1. The molecule has 0 spiro atoms. The summed E-state index contributed by atoms with van der Waals surface area (Å²) >= 11 is 0. The van der Waals surface area contributed by atoms with Gasteiger partial charge in [-0.3, -0.25) is 9.69 Å². The minimum absolute atomic E-state index is 0. The van der Waals surface area contributed by atoms with Gasteiger partial charge in [0.1, 0.15) is 0 Å². The first-order valence-electron chi connectivity index (χ1n) is 9.11. The summed E-state index contributed by atoms with van der Waals surface area (Å²) in [4.78, 5) is 15.2. The topological polar surface area (TPSA) is 53.6 Å². The van der Waals surface area contributed by atoms with Crippen molar-refractivity contribution in [1.82, 2.24) is 15.5 Å². The quantitative estimate of drug-likeness (QED) is 0.835. The van der Waals surface area contributed by atoms with Crippen LogP contribution in [0.25, 0.3) is 0 Å². The molecule has 0 aromatic heterocycles. The Morgan fingerprint density at radius 3 is 2.72 bits per heavy atom. The van der Waals surface area contributed by atoms with Crippen molar-refractivity contribution in [2.75, 3.05) is 39.4 Å². The van der Waals surface area contributed by atoms with Crippen molar-refractivity contribution in [3.8, 4) is 0 Å². The summed E-state index contributed by atoms with van der Waals surface area (Å²) in [5, 5.41) is 6.74. The number of carbonyl (C=O) groups is 1. The number of ether oxygens (including phenoxy) is 1. The molecule has 1 aromatic rings. The van der Waals surface area contributed by atoms with E-state index in [1.807, 2.05) is 18.2 Å². The maximum atomic E-state index is 12.8. The molecule has 2 fully saturated rings. The van der Waals surface area contributed by atoms with E-state index < -0.39 is 0 Å². The van der Waals surface area contributed by atoms with Crippen LogP contribution in [0.5, 0.6) is 0 Å². The number of halogens is 1. The van der Waals surface area contributed by atoms with Gasteiger partial charge < -0.3 is 15.4 Å². The highest BCUT2D eigenvalue weighted by Gasteiger charge is 2.27. The molecule has 25 heavy (non-hydrogen) atoms. The van der Waals surface area contributed by atoms with Crippen LogP contribution in [0.4, 0.5) is 0 Å². The number of nitrogens with one attached hydrogen (secondary N) is 2. The molecule has 2 saturated heterocycles. The molecule has 0 bridgehead atoms. The lowest BCUT2D eigenvalue weighted by Crippen LogP contribution is -2.46.